The molecule has 2 aromatic rings. The third kappa shape index (κ3) is 5.16. The number of hydrogen-bond acceptors (Lipinski definition) is 7. The number of nitrogens with zero attached hydrogens (tertiary/aromatic N) is 1. The van der Waals surface area contributed by atoms with E-state index < -0.39 is 12.1 Å². The third-order valence-electron chi connectivity index (χ3n) is 5.40. The van der Waals surface area contributed by atoms with Gasteiger partial charge in [0.25, 0.3) is 0 Å². The molecule has 1 amide bonds. The average molecular weight is 453 g/mol. The first kappa shape index (κ1) is 23.8. The number of esters is 1. The summed E-state index contributed by atoms with van der Waals surface area (Å²) >= 11 is 0. The van der Waals surface area contributed by atoms with E-state index >= 15 is 0 Å². The van der Waals surface area contributed by atoms with Crippen LogP contribution in [0.25, 0.3) is 6.08 Å². The van der Waals surface area contributed by atoms with E-state index in [4.69, 9.17) is 18.9 Å². The largest absolute Gasteiger partial charge is 0.493 e. The molecule has 8 heteroatoms. The van der Waals surface area contributed by atoms with Crippen LogP contribution in [0, 0.1) is 0 Å². The molecule has 0 fully saturated rings. The van der Waals surface area contributed by atoms with Crippen molar-refractivity contribution < 1.29 is 33.3 Å². The predicted octanol–water partition coefficient (Wildman–Crippen LogP) is 3.45. The minimum absolute atomic E-state index is 0.0333. The van der Waals surface area contributed by atoms with Crippen LogP contribution < -0.4 is 19.1 Å². The molecule has 1 heterocycles. The fourth-order valence-corrected chi connectivity index (χ4v) is 3.75. The number of carbonyl (C=O) groups is 3. The van der Waals surface area contributed by atoms with Crippen molar-refractivity contribution in [2.75, 3.05) is 32.8 Å². The van der Waals surface area contributed by atoms with Crippen molar-refractivity contribution in [1.82, 2.24) is 0 Å². The first-order valence-electron chi connectivity index (χ1n) is 10.4. The van der Waals surface area contributed by atoms with E-state index in [9.17, 15) is 14.4 Å². The first-order chi connectivity index (χ1) is 15.8. The fraction of sp³-hybridized carbons (Fsp3) is 0.320. The molecule has 0 radical (unpaired) electrons. The number of carbonyl (C=O) groups excluding carboxylic acids is 3. The zero-order valence-corrected chi connectivity index (χ0v) is 19.3. The summed E-state index contributed by atoms with van der Waals surface area (Å²) in [4.78, 5) is 38.5. The molecule has 0 aromatic heterocycles. The number of ether oxygens (including phenoxy) is 4. The van der Waals surface area contributed by atoms with E-state index in [0.29, 0.717) is 41.3 Å². The van der Waals surface area contributed by atoms with Gasteiger partial charge in [-0.3, -0.25) is 9.59 Å². The van der Waals surface area contributed by atoms with Gasteiger partial charge in [-0.05, 0) is 60.9 Å². The number of benzene rings is 2. The number of Topliss-reactive ketones (excluding diaryl/α,β-unsaturated/α-hetero) is 1. The van der Waals surface area contributed by atoms with E-state index in [-0.39, 0.29) is 11.7 Å². The number of amides is 1. The molecule has 3 rings (SSSR count). The Kier molecular flexibility index (Phi) is 7.37. The van der Waals surface area contributed by atoms with Gasteiger partial charge in [-0.25, -0.2) is 4.79 Å². The van der Waals surface area contributed by atoms with E-state index in [2.05, 4.69) is 0 Å². The van der Waals surface area contributed by atoms with Gasteiger partial charge < -0.3 is 23.8 Å². The van der Waals surface area contributed by atoms with Crippen LogP contribution in [0.2, 0.25) is 0 Å². The highest BCUT2D eigenvalue weighted by Gasteiger charge is 2.25. The van der Waals surface area contributed by atoms with E-state index in [1.54, 1.807) is 35.2 Å². The second-order valence-electron chi connectivity index (χ2n) is 7.50. The zero-order chi connectivity index (χ0) is 24.1. The third-order valence-corrected chi connectivity index (χ3v) is 5.40. The van der Waals surface area contributed by atoms with Crippen LogP contribution in [-0.2, 0) is 20.7 Å². The Balaban J connectivity index is 1.68. The van der Waals surface area contributed by atoms with E-state index in [0.717, 1.165) is 11.3 Å². The molecule has 0 aliphatic carbocycles. The lowest BCUT2D eigenvalue weighted by Crippen LogP contribution is -2.26. The quantitative estimate of drug-likeness (QED) is 0.343. The van der Waals surface area contributed by atoms with E-state index in [1.807, 2.05) is 0 Å². The standard InChI is InChI=1S/C25H27NO7/c1-15(24(29)19-7-8-20-18(14-19)10-11-26(20)16(2)27)33-23(28)9-6-17-12-21(30-3)25(32-5)22(13-17)31-4/h6-9,12-15H,10-11H2,1-5H3/b9-6+. The summed E-state index contributed by atoms with van der Waals surface area (Å²) in [7, 11) is 4.51. The summed E-state index contributed by atoms with van der Waals surface area (Å²) in [6, 6.07) is 8.55. The maximum absolute atomic E-state index is 12.8. The van der Waals surface area contributed by atoms with Crippen LogP contribution in [0.3, 0.4) is 0 Å². The summed E-state index contributed by atoms with van der Waals surface area (Å²) < 4.78 is 21.2. The lowest BCUT2D eigenvalue weighted by atomic mass is 10.0. The molecule has 0 saturated heterocycles. The molecule has 0 spiro atoms. The Hall–Kier alpha value is -3.81. The average Bonchev–Trinajstić information content (AvgIpc) is 3.25. The van der Waals surface area contributed by atoms with Crippen molar-refractivity contribution in [3.05, 3.63) is 53.1 Å². The Bertz CT molecular complexity index is 1080. The van der Waals surface area contributed by atoms with Crippen LogP contribution >= 0.6 is 0 Å². The minimum atomic E-state index is -0.967. The molecule has 0 N–H and O–H groups in total. The number of anilines is 1. The highest BCUT2D eigenvalue weighted by molar-refractivity contribution is 6.02. The maximum Gasteiger partial charge on any atom is 0.331 e. The van der Waals surface area contributed by atoms with Crippen molar-refractivity contribution in [2.24, 2.45) is 0 Å². The number of methoxy groups -OCH3 is 3. The van der Waals surface area contributed by atoms with Gasteiger partial charge in [-0.1, -0.05) is 0 Å². The van der Waals surface area contributed by atoms with Crippen LogP contribution in [0.5, 0.6) is 17.2 Å². The predicted molar refractivity (Wildman–Crippen MR) is 123 cm³/mol. The molecule has 8 nitrogen and oxygen atoms in total. The molecule has 33 heavy (non-hydrogen) atoms. The van der Waals surface area contributed by atoms with Crippen molar-refractivity contribution in [2.45, 2.75) is 26.4 Å². The maximum atomic E-state index is 12.8. The summed E-state index contributed by atoms with van der Waals surface area (Å²) in [6.07, 6.45) is 2.49. The van der Waals surface area contributed by atoms with Gasteiger partial charge in [0.1, 0.15) is 0 Å². The van der Waals surface area contributed by atoms with Crippen LogP contribution in [0.15, 0.2) is 36.4 Å². The van der Waals surface area contributed by atoms with Gasteiger partial charge in [-0.2, -0.15) is 0 Å². The monoisotopic (exact) mass is 453 g/mol. The number of fused-ring (bicyclic) bond motifs is 1. The second kappa shape index (κ2) is 10.2. The van der Waals surface area contributed by atoms with Gasteiger partial charge in [0.2, 0.25) is 17.4 Å². The topological polar surface area (TPSA) is 91.4 Å². The molecule has 1 aliphatic rings. The Morgan fingerprint density at radius 3 is 2.24 bits per heavy atom. The van der Waals surface area contributed by atoms with Crippen molar-refractivity contribution in [3.63, 3.8) is 0 Å². The Morgan fingerprint density at radius 2 is 1.67 bits per heavy atom. The van der Waals surface area contributed by atoms with Gasteiger partial charge in [0.05, 0.1) is 21.3 Å². The zero-order valence-electron chi connectivity index (χ0n) is 19.3. The van der Waals surface area contributed by atoms with Crippen molar-refractivity contribution >= 4 is 29.4 Å². The molecular formula is C25H27NO7. The highest BCUT2D eigenvalue weighted by Crippen LogP contribution is 2.38. The van der Waals surface area contributed by atoms with Gasteiger partial charge in [0, 0.05) is 30.8 Å². The molecular weight excluding hydrogens is 426 g/mol. The number of rotatable bonds is 8. The SMILES string of the molecule is COc1cc(/C=C/C(=O)OC(C)C(=O)c2ccc3c(c2)CCN3C(C)=O)cc(OC)c1OC. The normalized spacial score (nSPS) is 13.4. The smallest absolute Gasteiger partial charge is 0.331 e. The highest BCUT2D eigenvalue weighted by atomic mass is 16.5. The van der Waals surface area contributed by atoms with Gasteiger partial charge in [-0.15, -0.1) is 0 Å². The van der Waals surface area contributed by atoms with Crippen LogP contribution in [0.1, 0.15) is 35.3 Å². The molecule has 1 unspecified atom stereocenters. The van der Waals surface area contributed by atoms with Gasteiger partial charge >= 0.3 is 5.97 Å². The molecule has 0 saturated carbocycles. The summed E-state index contributed by atoms with van der Waals surface area (Å²) in [5.41, 5.74) is 2.82. The van der Waals surface area contributed by atoms with Gasteiger partial charge in [0.15, 0.2) is 17.6 Å². The molecule has 0 bridgehead atoms. The van der Waals surface area contributed by atoms with Crippen LogP contribution in [0.4, 0.5) is 5.69 Å². The van der Waals surface area contributed by atoms with Crippen LogP contribution in [-0.4, -0.2) is 51.6 Å². The lowest BCUT2D eigenvalue weighted by Gasteiger charge is -2.15. The Morgan fingerprint density at radius 1 is 1.00 bits per heavy atom. The molecule has 1 aliphatic heterocycles. The van der Waals surface area contributed by atoms with Crippen molar-refractivity contribution in [1.29, 1.82) is 0 Å². The number of ketones is 1. The minimum Gasteiger partial charge on any atom is -0.493 e. The van der Waals surface area contributed by atoms with Crippen molar-refractivity contribution in [3.8, 4) is 17.2 Å². The first-order valence-corrected chi connectivity index (χ1v) is 10.4. The lowest BCUT2D eigenvalue weighted by molar-refractivity contribution is -0.140. The van der Waals surface area contributed by atoms with E-state index in [1.165, 1.54) is 47.3 Å². The summed E-state index contributed by atoms with van der Waals surface area (Å²) in [6.45, 7) is 3.64. The molecule has 2 aromatic carbocycles. The fourth-order valence-electron chi connectivity index (χ4n) is 3.75. The molecule has 174 valence electrons. The number of hydrogen-bond donors (Lipinski definition) is 0. The summed E-state index contributed by atoms with van der Waals surface area (Å²) in [5, 5.41) is 0. The molecule has 1 atom stereocenters. The summed E-state index contributed by atoms with van der Waals surface area (Å²) in [5.74, 6) is 0.345. The Labute approximate surface area is 192 Å². The second-order valence-corrected chi connectivity index (χ2v) is 7.50.